The molecule has 2 heterocycles. The number of ether oxygens (including phenoxy) is 1. The number of hydrogen-bond acceptors (Lipinski definition) is 4. The minimum absolute atomic E-state index is 0.0276. The molecule has 0 bridgehead atoms. The third-order valence-corrected chi connectivity index (χ3v) is 4.79. The van der Waals surface area contributed by atoms with Crippen molar-refractivity contribution in [1.29, 1.82) is 0 Å². The molecule has 124 valence electrons. The molecule has 1 aromatic carbocycles. The van der Waals surface area contributed by atoms with Crippen LogP contribution in [0.1, 0.15) is 27.7 Å². The summed E-state index contributed by atoms with van der Waals surface area (Å²) in [5.74, 6) is -0.734. The van der Waals surface area contributed by atoms with Crippen LogP contribution in [0.15, 0.2) is 18.2 Å². The summed E-state index contributed by atoms with van der Waals surface area (Å²) >= 11 is 0. The van der Waals surface area contributed by atoms with E-state index < -0.39 is 24.1 Å². The SMILES string of the molecule is CC1(C)OB(c2cccc(N3CCOCC3=O)c2F)OC1(C)C. The highest BCUT2D eigenvalue weighted by molar-refractivity contribution is 6.62. The Balaban J connectivity index is 1.93. The molecule has 1 amide bonds. The highest BCUT2D eigenvalue weighted by Gasteiger charge is 2.52. The van der Waals surface area contributed by atoms with Crippen molar-refractivity contribution in [3.8, 4) is 0 Å². The molecule has 2 aliphatic rings. The highest BCUT2D eigenvalue weighted by Crippen LogP contribution is 2.37. The summed E-state index contributed by atoms with van der Waals surface area (Å²) in [6.07, 6.45) is 0. The molecule has 2 saturated heterocycles. The number of carbonyl (C=O) groups is 1. The Hall–Kier alpha value is -1.44. The average molecular weight is 321 g/mol. The van der Waals surface area contributed by atoms with Gasteiger partial charge in [-0.15, -0.1) is 0 Å². The Bertz CT molecular complexity index is 619. The van der Waals surface area contributed by atoms with Gasteiger partial charge in [-0.25, -0.2) is 4.39 Å². The molecule has 1 aromatic rings. The zero-order valence-corrected chi connectivity index (χ0v) is 13.9. The summed E-state index contributed by atoms with van der Waals surface area (Å²) in [4.78, 5) is 13.4. The van der Waals surface area contributed by atoms with Crippen molar-refractivity contribution in [3.63, 3.8) is 0 Å². The van der Waals surface area contributed by atoms with E-state index in [-0.39, 0.29) is 18.2 Å². The van der Waals surface area contributed by atoms with Gasteiger partial charge >= 0.3 is 7.12 Å². The molecule has 0 atom stereocenters. The lowest BCUT2D eigenvalue weighted by Crippen LogP contribution is -2.44. The van der Waals surface area contributed by atoms with Crippen LogP contribution in [-0.4, -0.2) is 44.0 Å². The van der Waals surface area contributed by atoms with Gasteiger partial charge in [-0.05, 0) is 33.8 Å². The second-order valence-corrected chi connectivity index (χ2v) is 6.87. The molecule has 0 saturated carbocycles. The van der Waals surface area contributed by atoms with Crippen molar-refractivity contribution >= 4 is 24.2 Å². The highest BCUT2D eigenvalue weighted by atomic mass is 19.1. The first-order valence-corrected chi connectivity index (χ1v) is 7.75. The van der Waals surface area contributed by atoms with Crippen LogP contribution in [0.2, 0.25) is 0 Å². The van der Waals surface area contributed by atoms with Crippen LogP contribution in [0.5, 0.6) is 0 Å². The number of carbonyl (C=O) groups excluding carboxylic acids is 1. The average Bonchev–Trinajstić information content (AvgIpc) is 2.68. The summed E-state index contributed by atoms with van der Waals surface area (Å²) < 4.78 is 31.9. The van der Waals surface area contributed by atoms with E-state index in [1.54, 1.807) is 18.2 Å². The van der Waals surface area contributed by atoms with Gasteiger partial charge in [-0.3, -0.25) is 4.79 Å². The number of halogens is 1. The number of nitrogens with zero attached hydrogens (tertiary/aromatic N) is 1. The van der Waals surface area contributed by atoms with Gasteiger partial charge < -0.3 is 18.9 Å². The van der Waals surface area contributed by atoms with Crippen LogP contribution in [0.3, 0.4) is 0 Å². The quantitative estimate of drug-likeness (QED) is 0.775. The molecular weight excluding hydrogens is 300 g/mol. The van der Waals surface area contributed by atoms with E-state index in [9.17, 15) is 9.18 Å². The van der Waals surface area contributed by atoms with Crippen molar-refractivity contribution in [3.05, 3.63) is 24.0 Å². The third kappa shape index (κ3) is 2.77. The Morgan fingerprint density at radius 2 is 1.83 bits per heavy atom. The van der Waals surface area contributed by atoms with E-state index in [4.69, 9.17) is 14.0 Å². The number of morpholine rings is 1. The molecular formula is C16H21BFNO4. The minimum Gasteiger partial charge on any atom is -0.399 e. The van der Waals surface area contributed by atoms with Crippen molar-refractivity contribution < 1.29 is 23.2 Å². The maximum atomic E-state index is 15.0. The largest absolute Gasteiger partial charge is 0.497 e. The lowest BCUT2D eigenvalue weighted by atomic mass is 9.78. The lowest BCUT2D eigenvalue weighted by Gasteiger charge is -2.32. The Morgan fingerprint density at radius 1 is 1.17 bits per heavy atom. The zero-order valence-electron chi connectivity index (χ0n) is 13.9. The van der Waals surface area contributed by atoms with Gasteiger partial charge in [-0.2, -0.15) is 0 Å². The first-order chi connectivity index (χ1) is 10.7. The number of benzene rings is 1. The summed E-state index contributed by atoms with van der Waals surface area (Å²) in [7, 11) is -0.795. The monoisotopic (exact) mass is 321 g/mol. The zero-order chi connectivity index (χ0) is 16.8. The molecule has 0 aliphatic carbocycles. The van der Waals surface area contributed by atoms with E-state index in [1.807, 2.05) is 27.7 Å². The van der Waals surface area contributed by atoms with Crippen LogP contribution in [-0.2, 0) is 18.8 Å². The van der Waals surface area contributed by atoms with Gasteiger partial charge in [0, 0.05) is 12.0 Å². The molecule has 0 radical (unpaired) electrons. The molecule has 5 nitrogen and oxygen atoms in total. The van der Waals surface area contributed by atoms with Gasteiger partial charge in [0.25, 0.3) is 5.91 Å². The Morgan fingerprint density at radius 3 is 2.43 bits per heavy atom. The Kier molecular flexibility index (Phi) is 3.98. The smallest absolute Gasteiger partial charge is 0.399 e. The predicted molar refractivity (Wildman–Crippen MR) is 85.3 cm³/mol. The van der Waals surface area contributed by atoms with E-state index in [2.05, 4.69) is 0 Å². The fourth-order valence-electron chi connectivity index (χ4n) is 2.67. The number of amides is 1. The molecule has 0 N–H and O–H groups in total. The third-order valence-electron chi connectivity index (χ3n) is 4.79. The van der Waals surface area contributed by atoms with Gasteiger partial charge in [0.2, 0.25) is 0 Å². The van der Waals surface area contributed by atoms with Crippen LogP contribution >= 0.6 is 0 Å². The topological polar surface area (TPSA) is 48.0 Å². The Labute approximate surface area is 135 Å². The molecule has 2 fully saturated rings. The van der Waals surface area contributed by atoms with E-state index in [0.717, 1.165) is 0 Å². The molecule has 23 heavy (non-hydrogen) atoms. The van der Waals surface area contributed by atoms with Crippen LogP contribution in [0.25, 0.3) is 0 Å². The van der Waals surface area contributed by atoms with Crippen LogP contribution in [0.4, 0.5) is 10.1 Å². The van der Waals surface area contributed by atoms with Gasteiger partial charge in [0.15, 0.2) is 0 Å². The van der Waals surface area contributed by atoms with Gasteiger partial charge in [-0.1, -0.05) is 12.1 Å². The number of rotatable bonds is 2. The molecule has 0 aromatic heterocycles. The van der Waals surface area contributed by atoms with Crippen LogP contribution in [0, 0.1) is 5.82 Å². The standard InChI is InChI=1S/C16H21BFNO4/c1-15(2)16(3,4)23-17(22-15)11-6-5-7-12(14(11)18)19-8-9-21-10-13(19)20/h5-7H,8-10H2,1-4H3. The maximum Gasteiger partial charge on any atom is 0.497 e. The van der Waals surface area contributed by atoms with E-state index in [1.165, 1.54) is 4.90 Å². The second-order valence-electron chi connectivity index (χ2n) is 6.87. The second kappa shape index (κ2) is 5.58. The van der Waals surface area contributed by atoms with Crippen molar-refractivity contribution in [1.82, 2.24) is 0 Å². The molecule has 3 rings (SSSR count). The maximum absolute atomic E-state index is 15.0. The summed E-state index contributed by atoms with van der Waals surface area (Å²) in [6.45, 7) is 8.37. The predicted octanol–water partition coefficient (Wildman–Crippen LogP) is 1.49. The molecule has 0 spiro atoms. The summed E-state index contributed by atoms with van der Waals surface area (Å²) in [5, 5.41) is 0. The van der Waals surface area contributed by atoms with Crippen molar-refractivity contribution in [2.75, 3.05) is 24.7 Å². The van der Waals surface area contributed by atoms with Crippen molar-refractivity contribution in [2.45, 2.75) is 38.9 Å². The number of anilines is 1. The fraction of sp³-hybridized carbons (Fsp3) is 0.562. The van der Waals surface area contributed by atoms with E-state index >= 15 is 0 Å². The molecule has 2 aliphatic heterocycles. The summed E-state index contributed by atoms with van der Waals surface area (Å²) in [6, 6.07) is 4.93. The van der Waals surface area contributed by atoms with Crippen molar-refractivity contribution in [2.24, 2.45) is 0 Å². The first-order valence-electron chi connectivity index (χ1n) is 7.75. The molecule has 7 heteroatoms. The molecule has 0 unspecified atom stereocenters. The number of hydrogen-bond donors (Lipinski definition) is 0. The van der Waals surface area contributed by atoms with Crippen LogP contribution < -0.4 is 10.4 Å². The minimum atomic E-state index is -0.795. The van der Waals surface area contributed by atoms with E-state index in [0.29, 0.717) is 18.6 Å². The normalized spacial score (nSPS) is 23.4. The lowest BCUT2D eigenvalue weighted by molar-refractivity contribution is -0.125. The van der Waals surface area contributed by atoms with Gasteiger partial charge in [0.05, 0.1) is 23.5 Å². The fourth-order valence-corrected chi connectivity index (χ4v) is 2.67. The van der Waals surface area contributed by atoms with Gasteiger partial charge in [0.1, 0.15) is 12.4 Å². The first kappa shape index (κ1) is 16.4. The summed E-state index contributed by atoms with van der Waals surface area (Å²) in [5.41, 5.74) is -0.546.